The standard InChI is InChI=1S/C19H27N3O/c1-6-22(7-2)18-11-14(5)16-12-15(8-9-17(16)21-18)20-19(23)10-13(3)4/h8-9,11-13H,6-7,10H2,1-5H3,(H,20,23). The maximum Gasteiger partial charge on any atom is 0.224 e. The fourth-order valence-corrected chi connectivity index (χ4v) is 2.75. The van der Waals surface area contributed by atoms with Crippen LogP contribution in [0.1, 0.15) is 39.7 Å². The third kappa shape index (κ3) is 4.21. The summed E-state index contributed by atoms with van der Waals surface area (Å²) in [5.74, 6) is 1.43. The van der Waals surface area contributed by atoms with E-state index in [0.717, 1.165) is 35.5 Å². The number of benzene rings is 1. The van der Waals surface area contributed by atoms with Gasteiger partial charge in [0.2, 0.25) is 5.91 Å². The van der Waals surface area contributed by atoms with Gasteiger partial charge in [-0.1, -0.05) is 13.8 Å². The van der Waals surface area contributed by atoms with E-state index in [0.29, 0.717) is 12.3 Å². The van der Waals surface area contributed by atoms with Crippen molar-refractivity contribution < 1.29 is 4.79 Å². The number of nitrogens with zero attached hydrogens (tertiary/aromatic N) is 2. The molecule has 0 aliphatic carbocycles. The molecule has 4 nitrogen and oxygen atoms in total. The van der Waals surface area contributed by atoms with E-state index in [9.17, 15) is 4.79 Å². The molecule has 1 N–H and O–H groups in total. The van der Waals surface area contributed by atoms with Gasteiger partial charge in [0.15, 0.2) is 0 Å². The summed E-state index contributed by atoms with van der Waals surface area (Å²) in [5, 5.41) is 4.06. The average molecular weight is 313 g/mol. The second-order valence-corrected chi connectivity index (χ2v) is 6.35. The monoisotopic (exact) mass is 313 g/mol. The van der Waals surface area contributed by atoms with Crippen LogP contribution in [-0.2, 0) is 4.79 Å². The van der Waals surface area contributed by atoms with Crippen LogP contribution >= 0.6 is 0 Å². The molecule has 0 fully saturated rings. The number of anilines is 2. The van der Waals surface area contributed by atoms with Crippen LogP contribution in [0.15, 0.2) is 24.3 Å². The SMILES string of the molecule is CCN(CC)c1cc(C)c2cc(NC(=O)CC(C)C)ccc2n1. The molecule has 2 rings (SSSR count). The van der Waals surface area contributed by atoms with Crippen LogP contribution in [0.4, 0.5) is 11.5 Å². The second kappa shape index (κ2) is 7.44. The Morgan fingerprint density at radius 3 is 2.52 bits per heavy atom. The van der Waals surface area contributed by atoms with Gasteiger partial charge in [-0.15, -0.1) is 0 Å². The Kier molecular flexibility index (Phi) is 5.59. The zero-order valence-electron chi connectivity index (χ0n) is 14.8. The number of pyridine rings is 1. The zero-order valence-corrected chi connectivity index (χ0v) is 14.8. The lowest BCUT2D eigenvalue weighted by atomic mass is 10.1. The average Bonchev–Trinajstić information content (AvgIpc) is 2.48. The molecule has 1 amide bonds. The fraction of sp³-hybridized carbons (Fsp3) is 0.474. The first kappa shape index (κ1) is 17.3. The third-order valence-corrected chi connectivity index (χ3v) is 3.97. The van der Waals surface area contributed by atoms with E-state index in [2.05, 4.69) is 37.1 Å². The fourth-order valence-electron chi connectivity index (χ4n) is 2.75. The number of nitrogens with one attached hydrogen (secondary N) is 1. The lowest BCUT2D eigenvalue weighted by Crippen LogP contribution is -2.23. The summed E-state index contributed by atoms with van der Waals surface area (Å²) in [5.41, 5.74) is 2.98. The summed E-state index contributed by atoms with van der Waals surface area (Å²) in [4.78, 5) is 18.9. The van der Waals surface area contributed by atoms with Crippen molar-refractivity contribution in [1.29, 1.82) is 0 Å². The summed E-state index contributed by atoms with van der Waals surface area (Å²) in [6.07, 6.45) is 0.538. The highest BCUT2D eigenvalue weighted by molar-refractivity contribution is 5.94. The maximum atomic E-state index is 11.9. The summed E-state index contributed by atoms with van der Waals surface area (Å²) in [6.45, 7) is 12.3. The smallest absolute Gasteiger partial charge is 0.224 e. The van der Waals surface area contributed by atoms with Crippen molar-refractivity contribution in [2.75, 3.05) is 23.3 Å². The van der Waals surface area contributed by atoms with Gasteiger partial charge >= 0.3 is 0 Å². The number of fused-ring (bicyclic) bond motifs is 1. The molecule has 1 aromatic carbocycles. The number of rotatable bonds is 6. The normalized spacial score (nSPS) is 11.0. The lowest BCUT2D eigenvalue weighted by Gasteiger charge is -2.21. The number of hydrogen-bond acceptors (Lipinski definition) is 3. The van der Waals surface area contributed by atoms with Gasteiger partial charge in [-0.25, -0.2) is 4.98 Å². The van der Waals surface area contributed by atoms with E-state index in [-0.39, 0.29) is 5.91 Å². The second-order valence-electron chi connectivity index (χ2n) is 6.35. The molecular weight excluding hydrogens is 286 g/mol. The molecule has 0 atom stereocenters. The van der Waals surface area contributed by atoms with E-state index in [1.54, 1.807) is 0 Å². The van der Waals surface area contributed by atoms with Crippen molar-refractivity contribution in [1.82, 2.24) is 4.98 Å². The van der Waals surface area contributed by atoms with Gasteiger partial charge in [0.1, 0.15) is 5.82 Å². The maximum absolute atomic E-state index is 11.9. The van der Waals surface area contributed by atoms with Crippen molar-refractivity contribution in [2.45, 2.75) is 41.0 Å². The van der Waals surface area contributed by atoms with Crippen LogP contribution < -0.4 is 10.2 Å². The van der Waals surface area contributed by atoms with Crippen LogP contribution in [0.2, 0.25) is 0 Å². The molecule has 2 aromatic rings. The van der Waals surface area contributed by atoms with Crippen LogP contribution in [0, 0.1) is 12.8 Å². The van der Waals surface area contributed by atoms with Crippen molar-refractivity contribution in [2.24, 2.45) is 5.92 Å². The number of amides is 1. The molecule has 23 heavy (non-hydrogen) atoms. The van der Waals surface area contributed by atoms with Crippen molar-refractivity contribution in [3.8, 4) is 0 Å². The predicted octanol–water partition coefficient (Wildman–Crippen LogP) is 4.37. The minimum Gasteiger partial charge on any atom is -0.357 e. The first-order chi connectivity index (χ1) is 10.9. The minimum atomic E-state index is 0.0599. The molecule has 124 valence electrons. The molecule has 4 heteroatoms. The predicted molar refractivity (Wildman–Crippen MR) is 98.1 cm³/mol. The highest BCUT2D eigenvalue weighted by atomic mass is 16.1. The van der Waals surface area contributed by atoms with Gasteiger partial charge in [-0.3, -0.25) is 4.79 Å². The van der Waals surface area contributed by atoms with E-state index < -0.39 is 0 Å². The number of aromatic nitrogens is 1. The molecule has 0 unspecified atom stereocenters. The first-order valence-electron chi connectivity index (χ1n) is 8.40. The zero-order chi connectivity index (χ0) is 17.0. The molecule has 0 saturated carbocycles. The molecule has 0 bridgehead atoms. The van der Waals surface area contributed by atoms with Gasteiger partial charge in [-0.2, -0.15) is 0 Å². The van der Waals surface area contributed by atoms with E-state index in [1.807, 2.05) is 32.0 Å². The summed E-state index contributed by atoms with van der Waals surface area (Å²) in [7, 11) is 0. The Balaban J connectivity index is 2.32. The quantitative estimate of drug-likeness (QED) is 0.861. The number of carbonyl (C=O) groups is 1. The Labute approximate surface area is 138 Å². The van der Waals surface area contributed by atoms with E-state index >= 15 is 0 Å². The van der Waals surface area contributed by atoms with Gasteiger partial charge in [0.25, 0.3) is 0 Å². The summed E-state index contributed by atoms with van der Waals surface area (Å²) < 4.78 is 0. The van der Waals surface area contributed by atoms with E-state index in [1.165, 1.54) is 5.56 Å². The molecule has 0 spiro atoms. The number of aryl methyl sites for hydroxylation is 1. The van der Waals surface area contributed by atoms with Crippen molar-refractivity contribution >= 4 is 28.3 Å². The van der Waals surface area contributed by atoms with Crippen molar-refractivity contribution in [3.05, 3.63) is 29.8 Å². The largest absolute Gasteiger partial charge is 0.357 e. The van der Waals surface area contributed by atoms with Crippen molar-refractivity contribution in [3.63, 3.8) is 0 Å². The van der Waals surface area contributed by atoms with Crippen LogP contribution in [-0.4, -0.2) is 24.0 Å². The molecule has 1 aromatic heterocycles. The van der Waals surface area contributed by atoms with Gasteiger partial charge < -0.3 is 10.2 Å². The Morgan fingerprint density at radius 1 is 1.22 bits per heavy atom. The molecule has 0 radical (unpaired) electrons. The van der Waals surface area contributed by atoms with Gasteiger partial charge in [-0.05, 0) is 56.5 Å². The Hall–Kier alpha value is -2.10. The highest BCUT2D eigenvalue weighted by Gasteiger charge is 2.10. The Morgan fingerprint density at radius 2 is 1.91 bits per heavy atom. The van der Waals surface area contributed by atoms with Gasteiger partial charge in [0, 0.05) is 30.6 Å². The summed E-state index contributed by atoms with van der Waals surface area (Å²) >= 11 is 0. The van der Waals surface area contributed by atoms with Gasteiger partial charge in [0.05, 0.1) is 5.52 Å². The Bertz CT molecular complexity index is 690. The van der Waals surface area contributed by atoms with E-state index in [4.69, 9.17) is 4.98 Å². The minimum absolute atomic E-state index is 0.0599. The summed E-state index contributed by atoms with van der Waals surface area (Å²) in [6, 6.07) is 8.05. The highest BCUT2D eigenvalue weighted by Crippen LogP contribution is 2.25. The lowest BCUT2D eigenvalue weighted by molar-refractivity contribution is -0.116. The number of carbonyl (C=O) groups excluding carboxylic acids is 1. The number of hydrogen-bond donors (Lipinski definition) is 1. The molecule has 1 heterocycles. The molecule has 0 aliphatic heterocycles. The molecule has 0 saturated heterocycles. The first-order valence-corrected chi connectivity index (χ1v) is 8.40. The topological polar surface area (TPSA) is 45.2 Å². The third-order valence-electron chi connectivity index (χ3n) is 3.97. The van der Waals surface area contributed by atoms with Crippen LogP contribution in [0.3, 0.4) is 0 Å². The van der Waals surface area contributed by atoms with Crippen LogP contribution in [0.5, 0.6) is 0 Å². The molecule has 0 aliphatic rings. The van der Waals surface area contributed by atoms with Crippen LogP contribution in [0.25, 0.3) is 10.9 Å². The molecular formula is C19H27N3O.